The van der Waals surface area contributed by atoms with E-state index in [0.29, 0.717) is 12.2 Å². The van der Waals surface area contributed by atoms with Crippen LogP contribution in [0.25, 0.3) is 0 Å². The molecule has 2 rings (SSSR count). The Bertz CT molecular complexity index is 394. The summed E-state index contributed by atoms with van der Waals surface area (Å²) < 4.78 is 42.8. The monoisotopic (exact) mass is 282 g/mol. The van der Waals surface area contributed by atoms with E-state index in [-0.39, 0.29) is 17.0 Å². The standard InChI is InChI=1S/C8H6BrF3N2O/c9-5-3-4-6(15-2-1-13-4)7(14-5)8(10,11)12/h3,13H,1-2H2. The summed E-state index contributed by atoms with van der Waals surface area (Å²) >= 11 is 2.93. The highest BCUT2D eigenvalue weighted by Crippen LogP contribution is 2.41. The Morgan fingerprint density at radius 2 is 2.20 bits per heavy atom. The first-order chi connectivity index (χ1) is 6.98. The van der Waals surface area contributed by atoms with Crippen LogP contribution in [0.1, 0.15) is 5.69 Å². The third-order valence-electron chi connectivity index (χ3n) is 1.87. The second-order valence-corrected chi connectivity index (χ2v) is 3.76. The normalized spacial score (nSPS) is 15.2. The molecule has 0 unspecified atom stereocenters. The molecule has 1 N–H and O–H groups in total. The van der Waals surface area contributed by atoms with Crippen LogP contribution in [0.2, 0.25) is 0 Å². The molecule has 1 aliphatic heterocycles. The molecule has 0 amide bonds. The second-order valence-electron chi connectivity index (χ2n) is 2.94. The van der Waals surface area contributed by atoms with Gasteiger partial charge in [0.2, 0.25) is 0 Å². The minimum Gasteiger partial charge on any atom is -0.487 e. The van der Waals surface area contributed by atoms with E-state index in [0.717, 1.165) is 0 Å². The van der Waals surface area contributed by atoms with Gasteiger partial charge in [-0.05, 0) is 22.0 Å². The summed E-state index contributed by atoms with van der Waals surface area (Å²) in [6, 6.07) is 1.46. The molecule has 15 heavy (non-hydrogen) atoms. The number of alkyl halides is 3. The molecule has 0 atom stereocenters. The summed E-state index contributed by atoms with van der Waals surface area (Å²) in [4.78, 5) is 3.38. The largest absolute Gasteiger partial charge is 0.487 e. The molecular formula is C8H6BrF3N2O. The van der Waals surface area contributed by atoms with E-state index < -0.39 is 11.9 Å². The van der Waals surface area contributed by atoms with Crippen molar-refractivity contribution in [1.29, 1.82) is 0 Å². The third-order valence-corrected chi connectivity index (χ3v) is 2.28. The van der Waals surface area contributed by atoms with Crippen LogP contribution >= 0.6 is 15.9 Å². The Morgan fingerprint density at radius 1 is 1.47 bits per heavy atom. The molecule has 0 aromatic carbocycles. The fraction of sp³-hybridized carbons (Fsp3) is 0.375. The van der Waals surface area contributed by atoms with Gasteiger partial charge in [-0.15, -0.1) is 0 Å². The van der Waals surface area contributed by atoms with E-state index in [1.54, 1.807) is 0 Å². The van der Waals surface area contributed by atoms with Crippen molar-refractivity contribution >= 4 is 21.6 Å². The van der Waals surface area contributed by atoms with Gasteiger partial charge >= 0.3 is 6.18 Å². The number of ether oxygens (including phenoxy) is 1. The minimum absolute atomic E-state index is 0.131. The molecule has 1 aromatic heterocycles. The first kappa shape index (κ1) is 10.5. The van der Waals surface area contributed by atoms with Gasteiger partial charge in [-0.1, -0.05) is 0 Å². The van der Waals surface area contributed by atoms with Gasteiger partial charge in [0.1, 0.15) is 11.2 Å². The maximum absolute atomic E-state index is 12.6. The van der Waals surface area contributed by atoms with Crippen molar-refractivity contribution in [2.24, 2.45) is 0 Å². The first-order valence-electron chi connectivity index (χ1n) is 4.13. The Kier molecular flexibility index (Phi) is 2.49. The molecule has 2 heterocycles. The van der Waals surface area contributed by atoms with E-state index >= 15 is 0 Å². The number of anilines is 1. The SMILES string of the molecule is FC(F)(F)c1nc(Br)cc2c1OCCN2. The molecule has 1 aliphatic rings. The molecule has 0 spiro atoms. The zero-order valence-corrected chi connectivity index (χ0v) is 8.94. The van der Waals surface area contributed by atoms with Crippen molar-refractivity contribution in [2.75, 3.05) is 18.5 Å². The number of nitrogens with zero attached hydrogens (tertiary/aromatic N) is 1. The van der Waals surface area contributed by atoms with Crippen molar-refractivity contribution in [3.63, 3.8) is 0 Å². The molecule has 3 nitrogen and oxygen atoms in total. The van der Waals surface area contributed by atoms with Gasteiger partial charge in [0.15, 0.2) is 11.4 Å². The molecule has 82 valence electrons. The maximum Gasteiger partial charge on any atom is 0.437 e. The van der Waals surface area contributed by atoms with Crippen molar-refractivity contribution in [3.8, 4) is 5.75 Å². The Morgan fingerprint density at radius 3 is 2.87 bits per heavy atom. The lowest BCUT2D eigenvalue weighted by atomic mass is 10.2. The number of hydrogen-bond donors (Lipinski definition) is 1. The second kappa shape index (κ2) is 3.55. The topological polar surface area (TPSA) is 34.1 Å². The van der Waals surface area contributed by atoms with Gasteiger partial charge in [-0.25, -0.2) is 4.98 Å². The van der Waals surface area contributed by atoms with Crippen molar-refractivity contribution in [1.82, 2.24) is 4.98 Å². The molecule has 0 saturated carbocycles. The average Bonchev–Trinajstić information content (AvgIpc) is 2.15. The molecule has 0 bridgehead atoms. The van der Waals surface area contributed by atoms with Crippen LogP contribution < -0.4 is 10.1 Å². The molecule has 0 radical (unpaired) electrons. The average molecular weight is 283 g/mol. The highest BCUT2D eigenvalue weighted by atomic mass is 79.9. The molecule has 0 aliphatic carbocycles. The zero-order chi connectivity index (χ0) is 11.1. The van der Waals surface area contributed by atoms with Crippen LogP contribution in [-0.2, 0) is 6.18 Å². The van der Waals surface area contributed by atoms with Gasteiger partial charge in [0.25, 0.3) is 0 Å². The van der Waals surface area contributed by atoms with E-state index in [4.69, 9.17) is 4.74 Å². The molecule has 7 heteroatoms. The van der Waals surface area contributed by atoms with Crippen LogP contribution in [0.3, 0.4) is 0 Å². The van der Waals surface area contributed by atoms with E-state index in [1.165, 1.54) is 6.07 Å². The number of halogens is 4. The van der Waals surface area contributed by atoms with E-state index in [9.17, 15) is 13.2 Å². The molecular weight excluding hydrogens is 277 g/mol. The Hall–Kier alpha value is -0.980. The number of pyridine rings is 1. The first-order valence-corrected chi connectivity index (χ1v) is 4.92. The van der Waals surface area contributed by atoms with Crippen molar-refractivity contribution in [3.05, 3.63) is 16.4 Å². The van der Waals surface area contributed by atoms with Gasteiger partial charge in [0, 0.05) is 6.54 Å². The summed E-state index contributed by atoms with van der Waals surface area (Å²) in [5, 5.41) is 2.82. The number of nitrogens with one attached hydrogen (secondary N) is 1. The summed E-state index contributed by atoms with van der Waals surface area (Å²) in [6.45, 7) is 0.695. The fourth-order valence-electron chi connectivity index (χ4n) is 1.31. The van der Waals surface area contributed by atoms with Gasteiger partial charge in [-0.3, -0.25) is 0 Å². The van der Waals surface area contributed by atoms with Crippen LogP contribution in [0.4, 0.5) is 18.9 Å². The van der Waals surface area contributed by atoms with Crippen LogP contribution in [0.5, 0.6) is 5.75 Å². The zero-order valence-electron chi connectivity index (χ0n) is 7.36. The summed E-state index contributed by atoms with van der Waals surface area (Å²) in [6.07, 6.45) is -4.51. The number of rotatable bonds is 0. The molecule has 1 aromatic rings. The fourth-order valence-corrected chi connectivity index (χ4v) is 1.72. The van der Waals surface area contributed by atoms with Crippen molar-refractivity contribution in [2.45, 2.75) is 6.18 Å². The predicted molar refractivity (Wildman–Crippen MR) is 50.9 cm³/mol. The van der Waals surface area contributed by atoms with E-state index in [1.807, 2.05) is 0 Å². The number of fused-ring (bicyclic) bond motifs is 1. The van der Waals surface area contributed by atoms with E-state index in [2.05, 4.69) is 26.2 Å². The number of aromatic nitrogens is 1. The van der Waals surface area contributed by atoms with Crippen LogP contribution in [-0.4, -0.2) is 18.1 Å². The van der Waals surface area contributed by atoms with Crippen molar-refractivity contribution < 1.29 is 17.9 Å². The lowest BCUT2D eigenvalue weighted by Gasteiger charge is -2.22. The van der Waals surface area contributed by atoms with Gasteiger partial charge < -0.3 is 10.1 Å². The summed E-state index contributed by atoms with van der Waals surface area (Å²) in [5.41, 5.74) is -0.686. The Labute approximate surface area is 91.8 Å². The summed E-state index contributed by atoms with van der Waals surface area (Å²) in [7, 11) is 0. The van der Waals surface area contributed by atoms with Gasteiger partial charge in [-0.2, -0.15) is 13.2 Å². The predicted octanol–water partition coefficient (Wildman–Crippen LogP) is 2.67. The highest BCUT2D eigenvalue weighted by Gasteiger charge is 2.38. The molecule has 0 fully saturated rings. The van der Waals surface area contributed by atoms with Gasteiger partial charge in [0.05, 0.1) is 5.69 Å². The highest BCUT2D eigenvalue weighted by molar-refractivity contribution is 9.10. The maximum atomic E-state index is 12.6. The number of hydrogen-bond acceptors (Lipinski definition) is 3. The van der Waals surface area contributed by atoms with Crippen LogP contribution in [0.15, 0.2) is 10.7 Å². The minimum atomic E-state index is -4.51. The smallest absolute Gasteiger partial charge is 0.437 e. The quantitative estimate of drug-likeness (QED) is 0.743. The third kappa shape index (κ3) is 2.01. The lowest BCUT2D eigenvalue weighted by molar-refractivity contribution is -0.142. The summed E-state index contributed by atoms with van der Waals surface area (Å²) in [5.74, 6) is -0.225. The Balaban J connectivity index is 2.58. The molecule has 0 saturated heterocycles. The lowest BCUT2D eigenvalue weighted by Crippen LogP contribution is -2.22. The van der Waals surface area contributed by atoms with Crippen LogP contribution in [0, 0.1) is 0 Å².